The van der Waals surface area contributed by atoms with E-state index in [0.717, 1.165) is 12.8 Å². The Hall–Kier alpha value is -0.570. The summed E-state index contributed by atoms with van der Waals surface area (Å²) in [5.74, 6) is -0.828. The van der Waals surface area contributed by atoms with Crippen molar-refractivity contribution < 1.29 is 14.6 Å². The number of aliphatic carboxylic acids is 1. The summed E-state index contributed by atoms with van der Waals surface area (Å²) >= 11 is 0. The molecule has 78 valence electrons. The predicted molar refractivity (Wildman–Crippen MR) is 51.8 cm³/mol. The Labute approximate surface area is 80.1 Å². The fourth-order valence-electron chi connectivity index (χ4n) is 1.41. The highest BCUT2D eigenvalue weighted by Gasteiger charge is 2.36. The molecular formula is C10H20O3. The van der Waals surface area contributed by atoms with Gasteiger partial charge in [-0.3, -0.25) is 0 Å². The van der Waals surface area contributed by atoms with E-state index >= 15 is 0 Å². The molecule has 0 aliphatic heterocycles. The van der Waals surface area contributed by atoms with Crippen molar-refractivity contribution in [2.75, 3.05) is 6.61 Å². The van der Waals surface area contributed by atoms with Crippen molar-refractivity contribution in [3.05, 3.63) is 0 Å². The van der Waals surface area contributed by atoms with E-state index in [4.69, 9.17) is 9.84 Å². The molecule has 0 aliphatic carbocycles. The Morgan fingerprint density at radius 3 is 2.31 bits per heavy atom. The molecule has 0 saturated carbocycles. The summed E-state index contributed by atoms with van der Waals surface area (Å²) in [5, 5.41) is 9.06. The van der Waals surface area contributed by atoms with Crippen LogP contribution in [0.3, 0.4) is 0 Å². The summed E-state index contributed by atoms with van der Waals surface area (Å²) in [5.41, 5.74) is -0.940. The second kappa shape index (κ2) is 5.97. The van der Waals surface area contributed by atoms with Crippen LogP contribution in [0.15, 0.2) is 0 Å². The zero-order valence-electron chi connectivity index (χ0n) is 8.80. The van der Waals surface area contributed by atoms with Gasteiger partial charge < -0.3 is 9.84 Å². The molecule has 3 heteroatoms. The van der Waals surface area contributed by atoms with Gasteiger partial charge in [0, 0.05) is 6.61 Å². The van der Waals surface area contributed by atoms with Gasteiger partial charge in [-0.05, 0) is 19.8 Å². The first-order chi connectivity index (χ1) is 6.13. The van der Waals surface area contributed by atoms with E-state index in [9.17, 15) is 4.79 Å². The minimum absolute atomic E-state index is 0.462. The molecule has 0 aromatic rings. The molecule has 0 saturated heterocycles. The minimum atomic E-state index is -0.940. The molecule has 0 aromatic heterocycles. The van der Waals surface area contributed by atoms with Gasteiger partial charge in [0.2, 0.25) is 0 Å². The third kappa shape index (κ3) is 3.35. The number of hydrogen-bond acceptors (Lipinski definition) is 2. The van der Waals surface area contributed by atoms with Crippen LogP contribution in [0.5, 0.6) is 0 Å². The molecule has 0 amide bonds. The Morgan fingerprint density at radius 2 is 2.00 bits per heavy atom. The van der Waals surface area contributed by atoms with E-state index < -0.39 is 11.6 Å². The molecule has 0 bridgehead atoms. The van der Waals surface area contributed by atoms with Crippen LogP contribution in [0.4, 0.5) is 0 Å². The molecule has 0 aromatic carbocycles. The molecule has 0 spiro atoms. The first kappa shape index (κ1) is 12.4. The molecule has 0 rings (SSSR count). The van der Waals surface area contributed by atoms with E-state index in [0.29, 0.717) is 19.4 Å². The standard InChI is InChI=1S/C10H20O3/c1-4-7-8-10(5-2,9(11)12)13-6-3/h4-8H2,1-3H3,(H,11,12). The quantitative estimate of drug-likeness (QED) is 0.667. The van der Waals surface area contributed by atoms with E-state index in [-0.39, 0.29) is 0 Å². The zero-order valence-corrected chi connectivity index (χ0v) is 8.80. The van der Waals surface area contributed by atoms with Crippen LogP contribution in [0.2, 0.25) is 0 Å². The normalized spacial score (nSPS) is 15.3. The summed E-state index contributed by atoms with van der Waals surface area (Å²) in [6, 6.07) is 0. The maximum Gasteiger partial charge on any atom is 0.335 e. The van der Waals surface area contributed by atoms with Gasteiger partial charge in [0.05, 0.1) is 0 Å². The molecule has 0 radical (unpaired) electrons. The highest BCUT2D eigenvalue weighted by Crippen LogP contribution is 2.23. The van der Waals surface area contributed by atoms with Crippen molar-refractivity contribution in [2.45, 2.75) is 52.1 Å². The second-order valence-electron chi connectivity index (χ2n) is 3.19. The third-order valence-corrected chi connectivity index (χ3v) is 2.32. The molecular weight excluding hydrogens is 168 g/mol. The number of carbonyl (C=O) groups is 1. The summed E-state index contributed by atoms with van der Waals surface area (Å²) in [4.78, 5) is 11.0. The van der Waals surface area contributed by atoms with Gasteiger partial charge in [0.15, 0.2) is 5.60 Å². The van der Waals surface area contributed by atoms with Gasteiger partial charge in [-0.2, -0.15) is 0 Å². The Balaban J connectivity index is 4.35. The number of ether oxygens (including phenoxy) is 1. The molecule has 1 unspecified atom stereocenters. The lowest BCUT2D eigenvalue weighted by atomic mass is 9.93. The van der Waals surface area contributed by atoms with Crippen molar-refractivity contribution in [1.29, 1.82) is 0 Å². The van der Waals surface area contributed by atoms with E-state index in [1.54, 1.807) is 0 Å². The number of unbranched alkanes of at least 4 members (excludes halogenated alkanes) is 1. The highest BCUT2D eigenvalue weighted by atomic mass is 16.5. The molecule has 13 heavy (non-hydrogen) atoms. The minimum Gasteiger partial charge on any atom is -0.479 e. The van der Waals surface area contributed by atoms with Crippen LogP contribution < -0.4 is 0 Å². The van der Waals surface area contributed by atoms with Crippen LogP contribution in [0.25, 0.3) is 0 Å². The third-order valence-electron chi connectivity index (χ3n) is 2.32. The Bertz CT molecular complexity index is 156. The van der Waals surface area contributed by atoms with Gasteiger partial charge in [0.25, 0.3) is 0 Å². The number of carboxylic acids is 1. The summed E-state index contributed by atoms with van der Waals surface area (Å²) in [7, 11) is 0. The average molecular weight is 188 g/mol. The first-order valence-electron chi connectivity index (χ1n) is 5.00. The molecule has 0 heterocycles. The van der Waals surface area contributed by atoms with Crippen molar-refractivity contribution in [3.63, 3.8) is 0 Å². The molecule has 0 fully saturated rings. The van der Waals surface area contributed by atoms with Crippen molar-refractivity contribution in [2.24, 2.45) is 0 Å². The Kier molecular flexibility index (Phi) is 5.71. The van der Waals surface area contributed by atoms with E-state index in [1.807, 2.05) is 20.8 Å². The monoisotopic (exact) mass is 188 g/mol. The molecule has 1 atom stereocenters. The predicted octanol–water partition coefficient (Wildman–Crippen LogP) is 2.45. The number of rotatable bonds is 7. The molecule has 0 aliphatic rings. The van der Waals surface area contributed by atoms with Crippen molar-refractivity contribution in [1.82, 2.24) is 0 Å². The number of carboxylic acid groups (broad SMARTS) is 1. The van der Waals surface area contributed by atoms with Crippen LogP contribution in [0.1, 0.15) is 46.5 Å². The maximum atomic E-state index is 11.0. The van der Waals surface area contributed by atoms with Gasteiger partial charge >= 0.3 is 5.97 Å². The second-order valence-corrected chi connectivity index (χ2v) is 3.19. The smallest absolute Gasteiger partial charge is 0.335 e. The first-order valence-corrected chi connectivity index (χ1v) is 5.00. The van der Waals surface area contributed by atoms with Crippen LogP contribution in [-0.2, 0) is 9.53 Å². The summed E-state index contributed by atoms with van der Waals surface area (Å²) < 4.78 is 5.34. The van der Waals surface area contributed by atoms with Gasteiger partial charge in [-0.25, -0.2) is 4.79 Å². The highest BCUT2D eigenvalue weighted by molar-refractivity contribution is 5.77. The van der Waals surface area contributed by atoms with Crippen LogP contribution in [-0.4, -0.2) is 23.3 Å². The average Bonchev–Trinajstić information content (AvgIpc) is 2.12. The van der Waals surface area contributed by atoms with Gasteiger partial charge in [-0.1, -0.05) is 26.7 Å². The SMILES string of the molecule is CCCCC(CC)(OCC)C(=O)O. The van der Waals surface area contributed by atoms with Crippen molar-refractivity contribution >= 4 is 5.97 Å². The van der Waals surface area contributed by atoms with Gasteiger partial charge in [-0.15, -0.1) is 0 Å². The summed E-state index contributed by atoms with van der Waals surface area (Å²) in [6.07, 6.45) is 3.06. The molecule has 3 nitrogen and oxygen atoms in total. The zero-order chi connectivity index (χ0) is 10.3. The van der Waals surface area contributed by atoms with Crippen molar-refractivity contribution in [3.8, 4) is 0 Å². The van der Waals surface area contributed by atoms with E-state index in [2.05, 4.69) is 0 Å². The largest absolute Gasteiger partial charge is 0.479 e. The van der Waals surface area contributed by atoms with Crippen LogP contribution >= 0.6 is 0 Å². The molecule has 1 N–H and O–H groups in total. The lowest BCUT2D eigenvalue weighted by Crippen LogP contribution is -2.41. The number of hydrogen-bond donors (Lipinski definition) is 1. The van der Waals surface area contributed by atoms with Crippen LogP contribution in [0, 0.1) is 0 Å². The lowest BCUT2D eigenvalue weighted by molar-refractivity contribution is -0.167. The Morgan fingerprint density at radius 1 is 1.38 bits per heavy atom. The fraction of sp³-hybridized carbons (Fsp3) is 0.900. The summed E-state index contributed by atoms with van der Waals surface area (Å²) in [6.45, 7) is 6.21. The van der Waals surface area contributed by atoms with E-state index in [1.165, 1.54) is 0 Å². The maximum absolute atomic E-state index is 11.0. The fourth-order valence-corrected chi connectivity index (χ4v) is 1.41. The van der Waals surface area contributed by atoms with Gasteiger partial charge in [0.1, 0.15) is 0 Å². The topological polar surface area (TPSA) is 46.5 Å². The lowest BCUT2D eigenvalue weighted by Gasteiger charge is -2.27.